The Morgan fingerprint density at radius 1 is 1.12 bits per heavy atom. The maximum absolute atomic E-state index is 13.1. The molecule has 0 saturated carbocycles. The zero-order valence-electron chi connectivity index (χ0n) is 17.9. The molecule has 1 saturated heterocycles. The van der Waals surface area contributed by atoms with Gasteiger partial charge in [0.1, 0.15) is 12.4 Å². The SMILES string of the molecule is COc1cc(/C=C2/SC(=Nc3ccc(F)cc3)NC2=O)c(Br)cc1OCc1cccc(C)c1. The monoisotopic (exact) mass is 526 g/mol. The molecule has 1 aliphatic heterocycles. The second-order valence-corrected chi connectivity index (χ2v) is 9.15. The molecule has 168 valence electrons. The van der Waals surface area contributed by atoms with Crippen molar-refractivity contribution in [3.63, 3.8) is 0 Å². The van der Waals surface area contributed by atoms with E-state index in [-0.39, 0.29) is 11.7 Å². The summed E-state index contributed by atoms with van der Waals surface area (Å²) in [5.74, 6) is 0.552. The maximum Gasteiger partial charge on any atom is 0.264 e. The van der Waals surface area contributed by atoms with Gasteiger partial charge in [-0.1, -0.05) is 45.8 Å². The molecule has 1 heterocycles. The zero-order valence-corrected chi connectivity index (χ0v) is 20.3. The van der Waals surface area contributed by atoms with E-state index >= 15 is 0 Å². The minimum absolute atomic E-state index is 0.258. The number of amidine groups is 1. The molecule has 0 spiro atoms. The number of hydrogen-bond donors (Lipinski definition) is 1. The van der Waals surface area contributed by atoms with Crippen LogP contribution in [-0.4, -0.2) is 18.2 Å². The number of hydrogen-bond acceptors (Lipinski definition) is 5. The number of aliphatic imine (C=N–C) groups is 1. The Morgan fingerprint density at radius 3 is 2.64 bits per heavy atom. The molecule has 3 aromatic carbocycles. The predicted octanol–water partition coefficient (Wildman–Crippen LogP) is 6.38. The fourth-order valence-electron chi connectivity index (χ4n) is 3.15. The topological polar surface area (TPSA) is 59.9 Å². The van der Waals surface area contributed by atoms with Gasteiger partial charge in [0.15, 0.2) is 16.7 Å². The van der Waals surface area contributed by atoms with E-state index < -0.39 is 0 Å². The summed E-state index contributed by atoms with van der Waals surface area (Å²) in [5.41, 5.74) is 3.54. The van der Waals surface area contributed by atoms with Gasteiger partial charge in [0.05, 0.1) is 17.7 Å². The molecule has 1 amide bonds. The number of aryl methyl sites for hydroxylation is 1. The summed E-state index contributed by atoms with van der Waals surface area (Å²) in [6, 6.07) is 17.5. The van der Waals surface area contributed by atoms with E-state index in [1.54, 1.807) is 25.3 Å². The molecule has 8 heteroatoms. The second kappa shape index (κ2) is 10.2. The van der Waals surface area contributed by atoms with Crippen LogP contribution in [0.15, 0.2) is 75.0 Å². The number of rotatable bonds is 6. The average Bonchev–Trinajstić information content (AvgIpc) is 3.14. The van der Waals surface area contributed by atoms with Gasteiger partial charge in [-0.2, -0.15) is 0 Å². The number of carbonyl (C=O) groups is 1. The molecule has 0 bridgehead atoms. The van der Waals surface area contributed by atoms with Crippen molar-refractivity contribution in [2.45, 2.75) is 13.5 Å². The van der Waals surface area contributed by atoms with E-state index in [1.807, 2.05) is 37.3 Å². The van der Waals surface area contributed by atoms with Gasteiger partial charge in [0.25, 0.3) is 5.91 Å². The lowest BCUT2D eigenvalue weighted by Gasteiger charge is -2.13. The van der Waals surface area contributed by atoms with Crippen LogP contribution in [0.5, 0.6) is 11.5 Å². The molecule has 5 nitrogen and oxygen atoms in total. The third-order valence-corrected chi connectivity index (χ3v) is 6.35. The standard InChI is InChI=1S/C25H20BrFN2O3S/c1-15-4-3-5-16(10-15)14-32-22-13-20(26)17(11-21(22)31-2)12-23-24(30)29-25(33-23)28-19-8-6-18(27)7-9-19/h3-13H,14H2,1-2H3,(H,28,29,30)/b23-12+. The summed E-state index contributed by atoms with van der Waals surface area (Å²) in [6.07, 6.45) is 1.75. The Balaban J connectivity index is 1.53. The first-order valence-electron chi connectivity index (χ1n) is 10.0. The van der Waals surface area contributed by atoms with Crippen LogP contribution in [0.2, 0.25) is 0 Å². The van der Waals surface area contributed by atoms with E-state index in [0.717, 1.165) is 15.6 Å². The van der Waals surface area contributed by atoms with Crippen molar-refractivity contribution in [1.29, 1.82) is 0 Å². The van der Waals surface area contributed by atoms with Crippen molar-refractivity contribution in [3.05, 3.63) is 92.5 Å². The van der Waals surface area contributed by atoms with Crippen molar-refractivity contribution in [1.82, 2.24) is 5.32 Å². The summed E-state index contributed by atoms with van der Waals surface area (Å²) < 4.78 is 25.3. The number of thioether (sulfide) groups is 1. The first kappa shape index (κ1) is 23.1. The van der Waals surface area contributed by atoms with E-state index in [9.17, 15) is 9.18 Å². The van der Waals surface area contributed by atoms with Gasteiger partial charge in [-0.05, 0) is 72.3 Å². The second-order valence-electron chi connectivity index (χ2n) is 7.26. The molecule has 1 aliphatic rings. The van der Waals surface area contributed by atoms with Crippen molar-refractivity contribution < 1.29 is 18.7 Å². The first-order valence-corrected chi connectivity index (χ1v) is 11.6. The predicted molar refractivity (Wildman–Crippen MR) is 133 cm³/mol. The van der Waals surface area contributed by atoms with Gasteiger partial charge in [0, 0.05) is 4.47 Å². The summed E-state index contributed by atoms with van der Waals surface area (Å²) in [7, 11) is 1.57. The lowest BCUT2D eigenvalue weighted by Crippen LogP contribution is -2.19. The van der Waals surface area contributed by atoms with Gasteiger partial charge in [-0.3, -0.25) is 4.79 Å². The van der Waals surface area contributed by atoms with Crippen LogP contribution >= 0.6 is 27.7 Å². The Hall–Kier alpha value is -3.10. The van der Waals surface area contributed by atoms with Gasteiger partial charge in [-0.25, -0.2) is 9.38 Å². The maximum atomic E-state index is 13.1. The van der Waals surface area contributed by atoms with Crippen LogP contribution in [0.25, 0.3) is 6.08 Å². The molecular formula is C25H20BrFN2O3S. The summed E-state index contributed by atoms with van der Waals surface area (Å²) in [4.78, 5) is 17.3. The van der Waals surface area contributed by atoms with Gasteiger partial charge in [0.2, 0.25) is 0 Å². The highest BCUT2D eigenvalue weighted by atomic mass is 79.9. The highest BCUT2D eigenvalue weighted by Crippen LogP contribution is 2.37. The third kappa shape index (κ3) is 5.83. The highest BCUT2D eigenvalue weighted by molar-refractivity contribution is 9.10. The Kier molecular flexibility index (Phi) is 7.15. The van der Waals surface area contributed by atoms with Crippen molar-refractivity contribution in [3.8, 4) is 11.5 Å². The molecule has 33 heavy (non-hydrogen) atoms. The minimum Gasteiger partial charge on any atom is -0.493 e. The molecular weight excluding hydrogens is 507 g/mol. The number of nitrogens with zero attached hydrogens (tertiary/aromatic N) is 1. The van der Waals surface area contributed by atoms with Crippen LogP contribution in [0.3, 0.4) is 0 Å². The van der Waals surface area contributed by atoms with Crippen molar-refractivity contribution in [2.24, 2.45) is 4.99 Å². The number of halogens is 2. The number of ether oxygens (including phenoxy) is 2. The number of carbonyl (C=O) groups excluding carboxylic acids is 1. The molecule has 4 rings (SSSR count). The normalized spacial score (nSPS) is 15.7. The number of benzene rings is 3. The summed E-state index contributed by atoms with van der Waals surface area (Å²) in [5, 5.41) is 3.16. The van der Waals surface area contributed by atoms with Crippen molar-refractivity contribution >= 4 is 50.5 Å². The van der Waals surface area contributed by atoms with E-state index in [1.165, 1.54) is 29.5 Å². The van der Waals surface area contributed by atoms with E-state index in [4.69, 9.17) is 9.47 Å². The van der Waals surface area contributed by atoms with Gasteiger partial charge < -0.3 is 14.8 Å². The van der Waals surface area contributed by atoms with Crippen molar-refractivity contribution in [2.75, 3.05) is 7.11 Å². The quantitative estimate of drug-likeness (QED) is 0.378. The number of amides is 1. The summed E-state index contributed by atoms with van der Waals surface area (Å²) >= 11 is 4.78. The molecule has 3 aromatic rings. The fourth-order valence-corrected chi connectivity index (χ4v) is 4.42. The van der Waals surface area contributed by atoms with Crippen LogP contribution in [-0.2, 0) is 11.4 Å². The molecule has 1 fully saturated rings. The van der Waals surface area contributed by atoms with Crippen LogP contribution in [0, 0.1) is 12.7 Å². The summed E-state index contributed by atoms with van der Waals surface area (Å²) in [6.45, 7) is 2.45. The van der Waals surface area contributed by atoms with Crippen LogP contribution in [0.4, 0.5) is 10.1 Å². The van der Waals surface area contributed by atoms with Crippen LogP contribution in [0.1, 0.15) is 16.7 Å². The highest BCUT2D eigenvalue weighted by Gasteiger charge is 2.24. The first-order chi connectivity index (χ1) is 15.9. The molecule has 0 aromatic heterocycles. The Labute approximate surface area is 203 Å². The molecule has 0 radical (unpaired) electrons. The van der Waals surface area contributed by atoms with Gasteiger partial charge in [-0.15, -0.1) is 0 Å². The lowest BCUT2D eigenvalue weighted by atomic mass is 10.1. The smallest absolute Gasteiger partial charge is 0.264 e. The number of nitrogens with one attached hydrogen (secondary N) is 1. The van der Waals surface area contributed by atoms with Crippen LogP contribution < -0.4 is 14.8 Å². The molecule has 0 unspecified atom stereocenters. The largest absolute Gasteiger partial charge is 0.493 e. The molecule has 1 N–H and O–H groups in total. The van der Waals surface area contributed by atoms with E-state index in [2.05, 4.69) is 32.3 Å². The Morgan fingerprint density at radius 2 is 1.91 bits per heavy atom. The zero-order chi connectivity index (χ0) is 23.4. The minimum atomic E-state index is -0.340. The average molecular weight is 527 g/mol. The van der Waals surface area contributed by atoms with Gasteiger partial charge >= 0.3 is 0 Å². The lowest BCUT2D eigenvalue weighted by molar-refractivity contribution is -0.115. The van der Waals surface area contributed by atoms with E-state index in [0.29, 0.717) is 33.9 Å². The Bertz CT molecular complexity index is 1260. The fraction of sp³-hybridized carbons (Fsp3) is 0.120. The molecule has 0 atom stereocenters. The molecule has 0 aliphatic carbocycles. The number of methoxy groups -OCH3 is 1. The third-order valence-electron chi connectivity index (χ3n) is 4.75.